The standard InChI is InChI=1S/C15H17N3/c16-8-12-6-14(10-18-9-12)13-2-4-15(7-13)3-1-5-17-11-15/h6-7,9-10,17H,1-5,11H2. The number of allylic oxidation sites excluding steroid dienone is 1. The van der Waals surface area contributed by atoms with Crippen LogP contribution in [-0.2, 0) is 0 Å². The topological polar surface area (TPSA) is 48.7 Å². The van der Waals surface area contributed by atoms with Crippen LogP contribution in [0, 0.1) is 16.7 Å². The first-order chi connectivity index (χ1) is 8.81. The molecule has 1 aromatic rings. The number of nitrogens with one attached hydrogen (secondary N) is 1. The summed E-state index contributed by atoms with van der Waals surface area (Å²) in [4.78, 5) is 4.15. The van der Waals surface area contributed by atoms with Gasteiger partial charge >= 0.3 is 0 Å². The molecule has 0 amide bonds. The molecule has 1 aliphatic heterocycles. The molecule has 1 aromatic heterocycles. The summed E-state index contributed by atoms with van der Waals surface area (Å²) in [7, 11) is 0. The third-order valence-electron chi connectivity index (χ3n) is 4.12. The van der Waals surface area contributed by atoms with Gasteiger partial charge in [-0.2, -0.15) is 5.26 Å². The summed E-state index contributed by atoms with van der Waals surface area (Å²) in [5.41, 5.74) is 3.49. The predicted molar refractivity (Wildman–Crippen MR) is 70.7 cm³/mol. The Morgan fingerprint density at radius 1 is 1.33 bits per heavy atom. The first-order valence-electron chi connectivity index (χ1n) is 6.59. The summed E-state index contributed by atoms with van der Waals surface area (Å²) < 4.78 is 0. The van der Waals surface area contributed by atoms with E-state index in [9.17, 15) is 0 Å². The molecule has 1 saturated heterocycles. The molecule has 0 saturated carbocycles. The van der Waals surface area contributed by atoms with E-state index < -0.39 is 0 Å². The molecule has 1 unspecified atom stereocenters. The number of pyridine rings is 1. The maximum atomic E-state index is 8.93. The van der Waals surface area contributed by atoms with Gasteiger partial charge in [-0.1, -0.05) is 6.08 Å². The van der Waals surface area contributed by atoms with Gasteiger partial charge in [-0.15, -0.1) is 0 Å². The molecule has 2 heterocycles. The van der Waals surface area contributed by atoms with Crippen LogP contribution in [0.4, 0.5) is 0 Å². The lowest BCUT2D eigenvalue weighted by Crippen LogP contribution is -2.37. The van der Waals surface area contributed by atoms with Gasteiger partial charge in [-0.25, -0.2) is 0 Å². The molecule has 3 heteroatoms. The van der Waals surface area contributed by atoms with Crippen LogP contribution in [0.15, 0.2) is 24.5 Å². The molecule has 1 spiro atoms. The number of hydrogen-bond donors (Lipinski definition) is 1. The van der Waals surface area contributed by atoms with Crippen LogP contribution in [-0.4, -0.2) is 18.1 Å². The lowest BCUT2D eigenvalue weighted by atomic mass is 9.80. The van der Waals surface area contributed by atoms with Crippen LogP contribution in [0.2, 0.25) is 0 Å². The monoisotopic (exact) mass is 239 g/mol. The van der Waals surface area contributed by atoms with E-state index in [2.05, 4.69) is 22.4 Å². The van der Waals surface area contributed by atoms with E-state index in [4.69, 9.17) is 5.26 Å². The summed E-state index contributed by atoms with van der Waals surface area (Å²) in [5, 5.41) is 12.4. The van der Waals surface area contributed by atoms with Crippen LogP contribution in [0.25, 0.3) is 5.57 Å². The minimum atomic E-state index is 0.357. The summed E-state index contributed by atoms with van der Waals surface area (Å²) in [6.07, 6.45) is 10.8. The van der Waals surface area contributed by atoms with Gasteiger partial charge in [-0.05, 0) is 49.4 Å². The maximum Gasteiger partial charge on any atom is 0.101 e. The Kier molecular flexibility index (Phi) is 2.89. The van der Waals surface area contributed by atoms with Crippen molar-refractivity contribution in [1.29, 1.82) is 5.26 Å². The molecule has 1 N–H and O–H groups in total. The second-order valence-corrected chi connectivity index (χ2v) is 5.39. The summed E-state index contributed by atoms with van der Waals surface area (Å²) in [6.45, 7) is 2.25. The Hall–Kier alpha value is -1.66. The molecule has 0 bridgehead atoms. The highest BCUT2D eigenvalue weighted by atomic mass is 14.9. The van der Waals surface area contributed by atoms with Crippen molar-refractivity contribution in [2.75, 3.05) is 13.1 Å². The van der Waals surface area contributed by atoms with Crippen molar-refractivity contribution in [2.24, 2.45) is 5.41 Å². The molecule has 0 aromatic carbocycles. The second-order valence-electron chi connectivity index (χ2n) is 5.39. The molecule has 3 nitrogen and oxygen atoms in total. The van der Waals surface area contributed by atoms with Crippen molar-refractivity contribution in [2.45, 2.75) is 25.7 Å². The number of rotatable bonds is 1. The first-order valence-corrected chi connectivity index (χ1v) is 6.59. The number of nitrogens with zero attached hydrogens (tertiary/aromatic N) is 2. The molecule has 1 fully saturated rings. The lowest BCUT2D eigenvalue weighted by Gasteiger charge is -2.32. The molecule has 92 valence electrons. The van der Waals surface area contributed by atoms with E-state index in [0.717, 1.165) is 25.1 Å². The zero-order valence-electron chi connectivity index (χ0n) is 10.4. The summed E-state index contributed by atoms with van der Waals surface area (Å²) >= 11 is 0. The van der Waals surface area contributed by atoms with Gasteiger partial charge in [0.25, 0.3) is 0 Å². The molecule has 18 heavy (non-hydrogen) atoms. The van der Waals surface area contributed by atoms with Crippen LogP contribution >= 0.6 is 0 Å². The van der Waals surface area contributed by atoms with Crippen molar-refractivity contribution in [1.82, 2.24) is 10.3 Å². The van der Waals surface area contributed by atoms with Crippen molar-refractivity contribution in [3.05, 3.63) is 35.7 Å². The first kappa shape index (κ1) is 11.4. The minimum absolute atomic E-state index is 0.357. The van der Waals surface area contributed by atoms with E-state index in [1.165, 1.54) is 24.8 Å². The molecule has 2 aliphatic rings. The fraction of sp³-hybridized carbons (Fsp3) is 0.467. The van der Waals surface area contributed by atoms with E-state index >= 15 is 0 Å². The second kappa shape index (κ2) is 4.55. The highest BCUT2D eigenvalue weighted by Gasteiger charge is 2.34. The maximum absolute atomic E-state index is 8.93. The molecule has 1 aliphatic carbocycles. The third kappa shape index (κ3) is 2.04. The van der Waals surface area contributed by atoms with Crippen molar-refractivity contribution in [3.63, 3.8) is 0 Å². The average Bonchev–Trinajstić information content (AvgIpc) is 2.83. The average molecular weight is 239 g/mol. The number of hydrogen-bond acceptors (Lipinski definition) is 3. The quantitative estimate of drug-likeness (QED) is 0.819. The van der Waals surface area contributed by atoms with Crippen LogP contribution in [0.1, 0.15) is 36.8 Å². The predicted octanol–water partition coefficient (Wildman–Crippen LogP) is 2.50. The molecular weight excluding hydrogens is 222 g/mol. The van der Waals surface area contributed by atoms with Gasteiger partial charge in [-0.3, -0.25) is 4.98 Å². The zero-order chi connectivity index (χ0) is 12.4. The smallest absolute Gasteiger partial charge is 0.101 e. The van der Waals surface area contributed by atoms with Gasteiger partial charge in [0.05, 0.1) is 5.56 Å². The van der Waals surface area contributed by atoms with Gasteiger partial charge in [0.15, 0.2) is 0 Å². The van der Waals surface area contributed by atoms with Crippen LogP contribution in [0.5, 0.6) is 0 Å². The molecular formula is C15H17N3. The minimum Gasteiger partial charge on any atom is -0.316 e. The highest BCUT2D eigenvalue weighted by Crippen LogP contribution is 2.44. The SMILES string of the molecule is N#Cc1cncc(C2=CC3(CCCNC3)CC2)c1. The fourth-order valence-electron chi connectivity index (χ4n) is 3.13. The van der Waals surface area contributed by atoms with Crippen molar-refractivity contribution < 1.29 is 0 Å². The van der Waals surface area contributed by atoms with Gasteiger partial charge < -0.3 is 5.32 Å². The Morgan fingerprint density at radius 3 is 3.06 bits per heavy atom. The molecule has 3 rings (SSSR count). The van der Waals surface area contributed by atoms with Crippen LogP contribution < -0.4 is 5.32 Å². The largest absolute Gasteiger partial charge is 0.316 e. The number of piperidine rings is 1. The number of nitriles is 1. The van der Waals surface area contributed by atoms with Gasteiger partial charge in [0.1, 0.15) is 6.07 Å². The summed E-state index contributed by atoms with van der Waals surface area (Å²) in [5.74, 6) is 0. The number of aromatic nitrogens is 1. The van der Waals surface area contributed by atoms with E-state index in [-0.39, 0.29) is 0 Å². The molecule has 0 radical (unpaired) electrons. The lowest BCUT2D eigenvalue weighted by molar-refractivity contribution is 0.274. The highest BCUT2D eigenvalue weighted by molar-refractivity contribution is 5.68. The van der Waals surface area contributed by atoms with E-state index in [1.54, 1.807) is 6.20 Å². The Bertz CT molecular complexity index is 519. The van der Waals surface area contributed by atoms with E-state index in [0.29, 0.717) is 11.0 Å². The van der Waals surface area contributed by atoms with E-state index in [1.807, 2.05) is 12.3 Å². The van der Waals surface area contributed by atoms with Crippen molar-refractivity contribution >= 4 is 5.57 Å². The zero-order valence-corrected chi connectivity index (χ0v) is 10.4. The molecule has 1 atom stereocenters. The Labute approximate surface area is 108 Å². The summed E-state index contributed by atoms with van der Waals surface area (Å²) in [6, 6.07) is 4.11. The third-order valence-corrected chi connectivity index (χ3v) is 4.12. The van der Waals surface area contributed by atoms with Crippen LogP contribution in [0.3, 0.4) is 0 Å². The van der Waals surface area contributed by atoms with Crippen molar-refractivity contribution in [3.8, 4) is 6.07 Å². The Balaban J connectivity index is 1.89. The van der Waals surface area contributed by atoms with Gasteiger partial charge in [0.2, 0.25) is 0 Å². The fourth-order valence-corrected chi connectivity index (χ4v) is 3.13. The normalized spacial score (nSPS) is 26.9. The van der Waals surface area contributed by atoms with Gasteiger partial charge in [0, 0.05) is 24.4 Å². The Morgan fingerprint density at radius 2 is 2.28 bits per heavy atom.